The van der Waals surface area contributed by atoms with Crippen molar-refractivity contribution in [2.24, 2.45) is 5.92 Å². The van der Waals surface area contributed by atoms with Crippen molar-refractivity contribution in [1.29, 1.82) is 0 Å². The summed E-state index contributed by atoms with van der Waals surface area (Å²) in [6.07, 6.45) is 5.24. The largest absolute Gasteiger partial charge is 0.480 e. The molecule has 0 unspecified atom stereocenters. The van der Waals surface area contributed by atoms with E-state index in [0.717, 1.165) is 6.54 Å². The van der Waals surface area contributed by atoms with Gasteiger partial charge in [0.25, 0.3) is 0 Å². The summed E-state index contributed by atoms with van der Waals surface area (Å²) in [7, 11) is 1.72. The predicted octanol–water partition coefficient (Wildman–Crippen LogP) is 1.68. The lowest BCUT2D eigenvalue weighted by Gasteiger charge is -2.23. The fourth-order valence-electron chi connectivity index (χ4n) is 2.26. The first-order valence-corrected chi connectivity index (χ1v) is 6.29. The predicted molar refractivity (Wildman–Crippen MR) is 64.8 cm³/mol. The third-order valence-electron chi connectivity index (χ3n) is 3.36. The lowest BCUT2D eigenvalue weighted by molar-refractivity contribution is -0.139. The van der Waals surface area contributed by atoms with Crippen LogP contribution in [-0.2, 0) is 4.79 Å². The molecule has 1 fully saturated rings. The molecule has 0 bridgehead atoms. The Labute approximate surface area is 102 Å². The number of hydrogen-bond donors (Lipinski definition) is 2. The minimum absolute atomic E-state index is 0.286. The summed E-state index contributed by atoms with van der Waals surface area (Å²) in [5.41, 5.74) is 0. The topological polar surface area (TPSA) is 69.6 Å². The molecule has 1 aliphatic rings. The van der Waals surface area contributed by atoms with Gasteiger partial charge in [0, 0.05) is 13.6 Å². The maximum absolute atomic E-state index is 11.8. The van der Waals surface area contributed by atoms with Crippen LogP contribution in [0.25, 0.3) is 0 Å². The Kier molecular flexibility index (Phi) is 5.25. The molecule has 5 heteroatoms. The number of urea groups is 1. The van der Waals surface area contributed by atoms with E-state index in [-0.39, 0.29) is 6.03 Å². The molecule has 0 aromatic heterocycles. The van der Waals surface area contributed by atoms with Gasteiger partial charge >= 0.3 is 12.0 Å². The summed E-state index contributed by atoms with van der Waals surface area (Å²) in [5.74, 6) is -0.397. The molecule has 2 amide bonds. The third kappa shape index (κ3) is 4.24. The maximum atomic E-state index is 11.8. The highest BCUT2D eigenvalue weighted by atomic mass is 16.4. The fourth-order valence-corrected chi connectivity index (χ4v) is 2.26. The SMILES string of the molecule is CC[C@@H](NC(=O)N(C)CC1CCCC1)C(=O)O. The van der Waals surface area contributed by atoms with Gasteiger partial charge in [-0.1, -0.05) is 19.8 Å². The molecule has 0 spiro atoms. The van der Waals surface area contributed by atoms with E-state index in [0.29, 0.717) is 12.3 Å². The normalized spacial score (nSPS) is 17.8. The van der Waals surface area contributed by atoms with Gasteiger partial charge in [0.2, 0.25) is 0 Å². The van der Waals surface area contributed by atoms with Gasteiger partial charge in [-0.05, 0) is 25.2 Å². The molecular formula is C12H22N2O3. The number of rotatable bonds is 5. The van der Waals surface area contributed by atoms with E-state index in [1.54, 1.807) is 18.9 Å². The summed E-state index contributed by atoms with van der Waals surface area (Å²) in [6.45, 7) is 2.47. The van der Waals surface area contributed by atoms with Crippen molar-refractivity contribution < 1.29 is 14.7 Å². The summed E-state index contributed by atoms with van der Waals surface area (Å²) in [5, 5.41) is 11.4. The number of carboxylic acid groups (broad SMARTS) is 1. The average molecular weight is 242 g/mol. The average Bonchev–Trinajstić information content (AvgIpc) is 2.77. The summed E-state index contributed by atoms with van der Waals surface area (Å²) >= 11 is 0. The lowest BCUT2D eigenvalue weighted by atomic mass is 10.1. The molecule has 98 valence electrons. The molecule has 2 N–H and O–H groups in total. The van der Waals surface area contributed by atoms with Crippen molar-refractivity contribution in [2.45, 2.75) is 45.1 Å². The van der Waals surface area contributed by atoms with E-state index in [1.807, 2.05) is 0 Å². The van der Waals surface area contributed by atoms with Crippen LogP contribution < -0.4 is 5.32 Å². The molecule has 0 heterocycles. The Balaban J connectivity index is 2.37. The molecule has 0 radical (unpaired) electrons. The van der Waals surface area contributed by atoms with Gasteiger partial charge in [-0.3, -0.25) is 0 Å². The number of amides is 2. The van der Waals surface area contributed by atoms with Gasteiger partial charge in [0.1, 0.15) is 6.04 Å². The van der Waals surface area contributed by atoms with Crippen LogP contribution in [0.4, 0.5) is 4.79 Å². The van der Waals surface area contributed by atoms with Crippen molar-refractivity contribution in [3.63, 3.8) is 0 Å². The van der Waals surface area contributed by atoms with Crippen LogP contribution in [0.15, 0.2) is 0 Å². The van der Waals surface area contributed by atoms with Crippen molar-refractivity contribution >= 4 is 12.0 Å². The molecule has 0 aromatic carbocycles. The first-order valence-electron chi connectivity index (χ1n) is 6.29. The zero-order valence-corrected chi connectivity index (χ0v) is 10.6. The summed E-state index contributed by atoms with van der Waals surface area (Å²) < 4.78 is 0. The Morgan fingerprint density at radius 1 is 1.41 bits per heavy atom. The molecule has 1 rings (SSSR count). The fraction of sp³-hybridized carbons (Fsp3) is 0.833. The lowest BCUT2D eigenvalue weighted by Crippen LogP contribution is -2.47. The Morgan fingerprint density at radius 2 is 2.00 bits per heavy atom. The second-order valence-corrected chi connectivity index (χ2v) is 4.78. The van der Waals surface area contributed by atoms with Crippen LogP contribution in [0.5, 0.6) is 0 Å². The van der Waals surface area contributed by atoms with Crippen LogP contribution in [0.2, 0.25) is 0 Å². The van der Waals surface area contributed by atoms with Crippen LogP contribution in [-0.4, -0.2) is 41.6 Å². The number of carbonyl (C=O) groups excluding carboxylic acids is 1. The van der Waals surface area contributed by atoms with Gasteiger partial charge in [0.15, 0.2) is 0 Å². The van der Waals surface area contributed by atoms with E-state index in [2.05, 4.69) is 5.32 Å². The number of aliphatic carboxylic acids is 1. The molecule has 1 saturated carbocycles. The number of nitrogens with one attached hydrogen (secondary N) is 1. The molecule has 1 aliphatic carbocycles. The van der Waals surface area contributed by atoms with Crippen molar-refractivity contribution in [2.75, 3.05) is 13.6 Å². The van der Waals surface area contributed by atoms with Crippen LogP contribution >= 0.6 is 0 Å². The summed E-state index contributed by atoms with van der Waals surface area (Å²) in [6, 6.07) is -1.07. The minimum Gasteiger partial charge on any atom is -0.480 e. The molecule has 17 heavy (non-hydrogen) atoms. The highest BCUT2D eigenvalue weighted by molar-refractivity contribution is 5.82. The molecule has 0 saturated heterocycles. The molecular weight excluding hydrogens is 220 g/mol. The molecule has 1 atom stereocenters. The van der Waals surface area contributed by atoms with E-state index < -0.39 is 12.0 Å². The maximum Gasteiger partial charge on any atom is 0.326 e. The van der Waals surface area contributed by atoms with Crippen molar-refractivity contribution in [3.8, 4) is 0 Å². The number of nitrogens with zero attached hydrogens (tertiary/aromatic N) is 1. The first-order chi connectivity index (χ1) is 8.04. The standard InChI is InChI=1S/C12H22N2O3/c1-3-10(11(15)16)13-12(17)14(2)8-9-6-4-5-7-9/h9-10H,3-8H2,1-2H3,(H,13,17)(H,15,16)/t10-/m1/s1. The molecule has 0 aliphatic heterocycles. The Bertz CT molecular complexity index is 275. The Hall–Kier alpha value is -1.26. The van der Waals surface area contributed by atoms with E-state index in [1.165, 1.54) is 25.7 Å². The first kappa shape index (κ1) is 13.8. The molecule has 5 nitrogen and oxygen atoms in total. The van der Waals surface area contributed by atoms with Gasteiger partial charge in [-0.15, -0.1) is 0 Å². The van der Waals surface area contributed by atoms with Gasteiger partial charge in [-0.2, -0.15) is 0 Å². The second kappa shape index (κ2) is 6.47. The second-order valence-electron chi connectivity index (χ2n) is 4.78. The van der Waals surface area contributed by atoms with Crippen molar-refractivity contribution in [1.82, 2.24) is 10.2 Å². The van der Waals surface area contributed by atoms with Crippen LogP contribution in [0.3, 0.4) is 0 Å². The summed E-state index contributed by atoms with van der Waals surface area (Å²) in [4.78, 5) is 24.2. The highest BCUT2D eigenvalue weighted by Gasteiger charge is 2.22. The van der Waals surface area contributed by atoms with Gasteiger partial charge in [-0.25, -0.2) is 9.59 Å². The third-order valence-corrected chi connectivity index (χ3v) is 3.36. The van der Waals surface area contributed by atoms with Crippen LogP contribution in [0, 0.1) is 5.92 Å². The molecule has 0 aromatic rings. The highest BCUT2D eigenvalue weighted by Crippen LogP contribution is 2.25. The smallest absolute Gasteiger partial charge is 0.326 e. The monoisotopic (exact) mass is 242 g/mol. The number of carbonyl (C=O) groups is 2. The van der Waals surface area contributed by atoms with Gasteiger partial charge in [0.05, 0.1) is 0 Å². The Morgan fingerprint density at radius 3 is 2.47 bits per heavy atom. The zero-order valence-electron chi connectivity index (χ0n) is 10.6. The quantitative estimate of drug-likeness (QED) is 0.770. The number of hydrogen-bond acceptors (Lipinski definition) is 2. The van der Waals surface area contributed by atoms with E-state index in [4.69, 9.17) is 5.11 Å². The zero-order chi connectivity index (χ0) is 12.8. The van der Waals surface area contributed by atoms with E-state index >= 15 is 0 Å². The van der Waals surface area contributed by atoms with Crippen LogP contribution in [0.1, 0.15) is 39.0 Å². The van der Waals surface area contributed by atoms with Gasteiger partial charge < -0.3 is 15.3 Å². The van der Waals surface area contributed by atoms with Crippen molar-refractivity contribution in [3.05, 3.63) is 0 Å². The minimum atomic E-state index is -0.977. The van der Waals surface area contributed by atoms with E-state index in [9.17, 15) is 9.59 Å². The number of carboxylic acids is 1.